The van der Waals surface area contributed by atoms with Crippen LogP contribution in [-0.4, -0.2) is 49.1 Å². The third-order valence-electron chi connectivity index (χ3n) is 3.33. The largest absolute Gasteiger partial charge is 0.480 e. The zero-order valence-corrected chi connectivity index (χ0v) is 11.4. The molecule has 2 N–H and O–H groups in total. The summed E-state index contributed by atoms with van der Waals surface area (Å²) < 4.78 is 11.0. The first-order chi connectivity index (χ1) is 8.58. The van der Waals surface area contributed by atoms with E-state index in [0.717, 1.165) is 25.9 Å². The summed E-state index contributed by atoms with van der Waals surface area (Å²) in [4.78, 5) is 11.2. The number of aliphatic carboxylic acids is 1. The Kier molecular flexibility index (Phi) is 6.60. The van der Waals surface area contributed by atoms with Gasteiger partial charge in [-0.2, -0.15) is 0 Å². The van der Waals surface area contributed by atoms with Crippen LogP contribution in [0.5, 0.6) is 0 Å². The first-order valence-corrected chi connectivity index (χ1v) is 6.76. The van der Waals surface area contributed by atoms with E-state index in [4.69, 9.17) is 14.6 Å². The lowest BCUT2D eigenvalue weighted by Crippen LogP contribution is -2.49. The van der Waals surface area contributed by atoms with Gasteiger partial charge in [-0.1, -0.05) is 6.92 Å². The molecule has 0 amide bonds. The molecule has 2 atom stereocenters. The van der Waals surface area contributed by atoms with Gasteiger partial charge in [-0.3, -0.25) is 4.79 Å². The Morgan fingerprint density at radius 2 is 2.39 bits per heavy atom. The smallest absolute Gasteiger partial charge is 0.323 e. The SMILES string of the molecule is CCNC(C)(CCCOCC1CCCO1)C(=O)O. The van der Waals surface area contributed by atoms with Gasteiger partial charge in [0.1, 0.15) is 5.54 Å². The van der Waals surface area contributed by atoms with E-state index < -0.39 is 11.5 Å². The van der Waals surface area contributed by atoms with Gasteiger partial charge in [0.2, 0.25) is 0 Å². The molecule has 1 fully saturated rings. The number of carboxylic acids is 1. The minimum atomic E-state index is -0.845. The molecule has 5 nitrogen and oxygen atoms in total. The van der Waals surface area contributed by atoms with Crippen LogP contribution in [0.1, 0.15) is 39.5 Å². The molecule has 1 rings (SSSR count). The second-order valence-electron chi connectivity index (χ2n) is 4.98. The van der Waals surface area contributed by atoms with Gasteiger partial charge in [-0.25, -0.2) is 0 Å². The Morgan fingerprint density at radius 1 is 1.61 bits per heavy atom. The summed E-state index contributed by atoms with van der Waals surface area (Å²) in [7, 11) is 0. The monoisotopic (exact) mass is 259 g/mol. The summed E-state index contributed by atoms with van der Waals surface area (Å²) in [5.41, 5.74) is -0.845. The lowest BCUT2D eigenvalue weighted by molar-refractivity contribution is -0.144. The van der Waals surface area contributed by atoms with Crippen molar-refractivity contribution in [3.05, 3.63) is 0 Å². The van der Waals surface area contributed by atoms with Gasteiger partial charge >= 0.3 is 5.97 Å². The predicted molar refractivity (Wildman–Crippen MR) is 68.7 cm³/mol. The molecule has 0 aromatic heterocycles. The maximum atomic E-state index is 11.2. The highest BCUT2D eigenvalue weighted by Crippen LogP contribution is 2.14. The highest BCUT2D eigenvalue weighted by molar-refractivity contribution is 5.78. The number of hydrogen-bond acceptors (Lipinski definition) is 4. The maximum absolute atomic E-state index is 11.2. The highest BCUT2D eigenvalue weighted by atomic mass is 16.5. The van der Waals surface area contributed by atoms with E-state index in [9.17, 15) is 4.79 Å². The van der Waals surface area contributed by atoms with E-state index in [0.29, 0.717) is 26.2 Å². The van der Waals surface area contributed by atoms with Crippen LogP contribution in [0.15, 0.2) is 0 Å². The standard InChI is InChI=1S/C13H25NO4/c1-3-14-13(2,12(15)16)7-5-8-17-10-11-6-4-9-18-11/h11,14H,3-10H2,1-2H3,(H,15,16). The minimum Gasteiger partial charge on any atom is -0.480 e. The fraction of sp³-hybridized carbons (Fsp3) is 0.923. The number of likely N-dealkylation sites (N-methyl/N-ethyl adjacent to an activating group) is 1. The minimum absolute atomic E-state index is 0.240. The van der Waals surface area contributed by atoms with Crippen LogP contribution < -0.4 is 5.32 Å². The summed E-state index contributed by atoms with van der Waals surface area (Å²) in [5.74, 6) is -0.802. The lowest BCUT2D eigenvalue weighted by atomic mass is 9.96. The van der Waals surface area contributed by atoms with E-state index in [-0.39, 0.29) is 6.10 Å². The van der Waals surface area contributed by atoms with Crippen molar-refractivity contribution < 1.29 is 19.4 Å². The van der Waals surface area contributed by atoms with Crippen molar-refractivity contribution in [2.45, 2.75) is 51.2 Å². The molecule has 1 aliphatic heterocycles. The van der Waals surface area contributed by atoms with E-state index >= 15 is 0 Å². The second kappa shape index (κ2) is 7.71. The quantitative estimate of drug-likeness (QED) is 0.613. The van der Waals surface area contributed by atoms with Gasteiger partial charge in [-0.15, -0.1) is 0 Å². The number of ether oxygens (including phenoxy) is 2. The molecule has 18 heavy (non-hydrogen) atoms. The normalized spacial score (nSPS) is 22.9. The van der Waals surface area contributed by atoms with Gasteiger partial charge in [0.15, 0.2) is 0 Å². The molecule has 0 saturated carbocycles. The topological polar surface area (TPSA) is 67.8 Å². The summed E-state index contributed by atoms with van der Waals surface area (Å²) in [6.45, 7) is 6.35. The maximum Gasteiger partial charge on any atom is 0.323 e. The average molecular weight is 259 g/mol. The van der Waals surface area contributed by atoms with Crippen molar-refractivity contribution >= 4 is 5.97 Å². The van der Waals surface area contributed by atoms with Crippen LogP contribution in [-0.2, 0) is 14.3 Å². The molecule has 0 spiro atoms. The number of hydrogen-bond donors (Lipinski definition) is 2. The molecular formula is C13H25NO4. The summed E-state index contributed by atoms with van der Waals surface area (Å²) in [6, 6.07) is 0. The molecule has 0 aromatic carbocycles. The third kappa shape index (κ3) is 4.92. The Morgan fingerprint density at radius 3 is 2.94 bits per heavy atom. The van der Waals surface area contributed by atoms with E-state index in [2.05, 4.69) is 5.32 Å². The van der Waals surface area contributed by atoms with Crippen LogP contribution in [0.4, 0.5) is 0 Å². The van der Waals surface area contributed by atoms with Gasteiger partial charge in [0.05, 0.1) is 12.7 Å². The molecule has 1 aliphatic rings. The van der Waals surface area contributed by atoms with Gasteiger partial charge in [0, 0.05) is 13.2 Å². The summed E-state index contributed by atoms with van der Waals surface area (Å²) in [5, 5.41) is 12.2. The molecule has 1 saturated heterocycles. The molecule has 106 valence electrons. The molecule has 0 bridgehead atoms. The van der Waals surface area contributed by atoms with Crippen molar-refractivity contribution in [2.24, 2.45) is 0 Å². The van der Waals surface area contributed by atoms with E-state index in [1.165, 1.54) is 0 Å². The fourth-order valence-electron chi connectivity index (χ4n) is 2.18. The number of carbonyl (C=O) groups is 1. The summed E-state index contributed by atoms with van der Waals surface area (Å²) in [6.07, 6.45) is 3.74. The van der Waals surface area contributed by atoms with Crippen molar-refractivity contribution in [3.8, 4) is 0 Å². The van der Waals surface area contributed by atoms with Crippen LogP contribution >= 0.6 is 0 Å². The zero-order valence-electron chi connectivity index (χ0n) is 11.4. The Labute approximate surface area is 109 Å². The fourth-order valence-corrected chi connectivity index (χ4v) is 2.18. The van der Waals surface area contributed by atoms with Crippen molar-refractivity contribution in [3.63, 3.8) is 0 Å². The Hall–Kier alpha value is -0.650. The molecule has 5 heteroatoms. The third-order valence-corrected chi connectivity index (χ3v) is 3.33. The molecule has 0 radical (unpaired) electrons. The molecule has 2 unspecified atom stereocenters. The zero-order chi connectivity index (χ0) is 13.4. The van der Waals surface area contributed by atoms with Crippen LogP contribution in [0.2, 0.25) is 0 Å². The van der Waals surface area contributed by atoms with Gasteiger partial charge < -0.3 is 19.9 Å². The van der Waals surface area contributed by atoms with E-state index in [1.807, 2.05) is 6.92 Å². The molecular weight excluding hydrogens is 234 g/mol. The van der Waals surface area contributed by atoms with Gasteiger partial charge in [-0.05, 0) is 39.2 Å². The van der Waals surface area contributed by atoms with Crippen molar-refractivity contribution in [1.82, 2.24) is 5.32 Å². The first-order valence-electron chi connectivity index (χ1n) is 6.76. The first kappa shape index (κ1) is 15.4. The second-order valence-corrected chi connectivity index (χ2v) is 4.98. The van der Waals surface area contributed by atoms with Crippen LogP contribution in [0.25, 0.3) is 0 Å². The summed E-state index contributed by atoms with van der Waals surface area (Å²) >= 11 is 0. The predicted octanol–water partition coefficient (Wildman–Crippen LogP) is 1.42. The molecule has 0 aromatic rings. The number of carboxylic acid groups (broad SMARTS) is 1. The Bertz CT molecular complexity index is 253. The number of rotatable bonds is 9. The Balaban J connectivity index is 2.12. The lowest BCUT2D eigenvalue weighted by Gasteiger charge is -2.25. The van der Waals surface area contributed by atoms with Crippen LogP contribution in [0, 0.1) is 0 Å². The highest BCUT2D eigenvalue weighted by Gasteiger charge is 2.31. The van der Waals surface area contributed by atoms with Gasteiger partial charge in [0.25, 0.3) is 0 Å². The van der Waals surface area contributed by atoms with Crippen LogP contribution in [0.3, 0.4) is 0 Å². The number of nitrogens with one attached hydrogen (secondary N) is 1. The van der Waals surface area contributed by atoms with Crippen molar-refractivity contribution in [1.29, 1.82) is 0 Å². The molecule has 0 aliphatic carbocycles. The average Bonchev–Trinajstić information content (AvgIpc) is 2.81. The molecule has 1 heterocycles. The van der Waals surface area contributed by atoms with Crippen molar-refractivity contribution in [2.75, 3.05) is 26.4 Å². The van der Waals surface area contributed by atoms with E-state index in [1.54, 1.807) is 6.92 Å².